The van der Waals surface area contributed by atoms with Gasteiger partial charge in [-0.1, -0.05) is 6.92 Å². The van der Waals surface area contributed by atoms with E-state index in [2.05, 4.69) is 27.5 Å². The van der Waals surface area contributed by atoms with Gasteiger partial charge in [0.05, 0.1) is 35.2 Å². The largest absolute Gasteiger partial charge is 0.383 e. The third-order valence-electron chi connectivity index (χ3n) is 2.89. The molecular weight excluding hydrogens is 272 g/mol. The van der Waals surface area contributed by atoms with Crippen molar-refractivity contribution in [3.05, 3.63) is 40.1 Å². The van der Waals surface area contributed by atoms with Crippen molar-refractivity contribution in [1.82, 2.24) is 15.3 Å². The number of hydrogen-bond donors (Lipinski definition) is 2. The van der Waals surface area contributed by atoms with E-state index in [4.69, 9.17) is 0 Å². The summed E-state index contributed by atoms with van der Waals surface area (Å²) in [5, 5.41) is 6.14. The molecule has 0 aromatic carbocycles. The van der Waals surface area contributed by atoms with Gasteiger partial charge in [0.25, 0.3) is 5.91 Å². The molecule has 106 valence electrons. The fraction of sp³-hybridized carbons (Fsp3) is 0.357. The van der Waals surface area contributed by atoms with E-state index >= 15 is 0 Å². The van der Waals surface area contributed by atoms with Crippen LogP contribution in [0.5, 0.6) is 0 Å². The lowest BCUT2D eigenvalue weighted by molar-refractivity contribution is 0.0952. The fourth-order valence-electron chi connectivity index (χ4n) is 1.74. The molecule has 0 aliphatic heterocycles. The zero-order chi connectivity index (χ0) is 14.4. The van der Waals surface area contributed by atoms with Crippen molar-refractivity contribution in [3.8, 4) is 0 Å². The molecule has 0 saturated carbocycles. The van der Waals surface area contributed by atoms with Crippen LogP contribution in [0.3, 0.4) is 0 Å². The number of aromatic nitrogens is 2. The minimum absolute atomic E-state index is 0.0983. The normalized spacial score (nSPS) is 10.3. The number of anilines is 1. The minimum atomic E-state index is -0.0983. The molecule has 1 amide bonds. The molecule has 2 aromatic heterocycles. The molecule has 6 heteroatoms. The number of thiazole rings is 1. The Morgan fingerprint density at radius 3 is 3.00 bits per heavy atom. The van der Waals surface area contributed by atoms with Gasteiger partial charge >= 0.3 is 0 Å². The second kappa shape index (κ2) is 7.00. The van der Waals surface area contributed by atoms with Crippen molar-refractivity contribution in [2.24, 2.45) is 0 Å². The Morgan fingerprint density at radius 1 is 1.45 bits per heavy atom. The number of nitrogens with one attached hydrogen (secondary N) is 2. The molecule has 0 aliphatic carbocycles. The number of pyridine rings is 1. The summed E-state index contributed by atoms with van der Waals surface area (Å²) in [6.07, 6.45) is 4.31. The predicted molar refractivity (Wildman–Crippen MR) is 81.0 cm³/mol. The smallest absolute Gasteiger partial charge is 0.253 e. The first-order valence-corrected chi connectivity index (χ1v) is 7.45. The number of aryl methyl sites for hydroxylation is 1. The van der Waals surface area contributed by atoms with Crippen LogP contribution >= 0.6 is 11.3 Å². The van der Waals surface area contributed by atoms with Gasteiger partial charge in [-0.05, 0) is 19.4 Å². The van der Waals surface area contributed by atoms with E-state index in [0.717, 1.165) is 29.2 Å². The third kappa shape index (κ3) is 3.54. The zero-order valence-electron chi connectivity index (χ0n) is 11.6. The summed E-state index contributed by atoms with van der Waals surface area (Å²) in [6, 6.07) is 1.73. The van der Waals surface area contributed by atoms with Crippen molar-refractivity contribution in [3.63, 3.8) is 0 Å². The van der Waals surface area contributed by atoms with Gasteiger partial charge in [-0.3, -0.25) is 9.78 Å². The second-order valence-electron chi connectivity index (χ2n) is 4.39. The number of carbonyl (C=O) groups is 1. The van der Waals surface area contributed by atoms with E-state index < -0.39 is 0 Å². The average molecular weight is 290 g/mol. The third-order valence-corrected chi connectivity index (χ3v) is 3.82. The van der Waals surface area contributed by atoms with Crippen molar-refractivity contribution in [1.29, 1.82) is 0 Å². The SMILES string of the molecule is CCCNc1cnccc1C(=O)NCc1scnc1C. The standard InChI is InChI=1S/C14H18N4OS/c1-3-5-16-12-7-15-6-4-11(12)14(19)17-8-13-10(2)18-9-20-13/h4,6-7,9,16H,3,5,8H2,1-2H3,(H,17,19). The van der Waals surface area contributed by atoms with Crippen molar-refractivity contribution >= 4 is 22.9 Å². The number of hydrogen-bond acceptors (Lipinski definition) is 5. The van der Waals surface area contributed by atoms with E-state index in [1.165, 1.54) is 0 Å². The highest BCUT2D eigenvalue weighted by molar-refractivity contribution is 7.09. The van der Waals surface area contributed by atoms with Gasteiger partial charge in [0, 0.05) is 17.6 Å². The first-order chi connectivity index (χ1) is 9.72. The first-order valence-electron chi connectivity index (χ1n) is 6.57. The quantitative estimate of drug-likeness (QED) is 0.858. The highest BCUT2D eigenvalue weighted by atomic mass is 32.1. The van der Waals surface area contributed by atoms with E-state index in [0.29, 0.717) is 12.1 Å². The van der Waals surface area contributed by atoms with Gasteiger partial charge in [0.2, 0.25) is 0 Å². The summed E-state index contributed by atoms with van der Waals surface area (Å²) in [7, 11) is 0. The molecule has 5 nitrogen and oxygen atoms in total. The first kappa shape index (κ1) is 14.5. The molecule has 2 heterocycles. The summed E-state index contributed by atoms with van der Waals surface area (Å²) < 4.78 is 0. The van der Waals surface area contributed by atoms with Crippen LogP contribution in [0.2, 0.25) is 0 Å². The van der Waals surface area contributed by atoms with Crippen LogP contribution in [0.4, 0.5) is 5.69 Å². The van der Waals surface area contributed by atoms with E-state index in [-0.39, 0.29) is 5.91 Å². The lowest BCUT2D eigenvalue weighted by Gasteiger charge is -2.10. The van der Waals surface area contributed by atoms with E-state index in [1.54, 1.807) is 35.3 Å². The van der Waals surface area contributed by atoms with Gasteiger partial charge in [-0.15, -0.1) is 11.3 Å². The van der Waals surface area contributed by atoms with Crippen LogP contribution in [0.25, 0.3) is 0 Å². The summed E-state index contributed by atoms with van der Waals surface area (Å²) in [6.45, 7) is 5.35. The molecule has 2 rings (SSSR count). The zero-order valence-corrected chi connectivity index (χ0v) is 12.5. The van der Waals surface area contributed by atoms with Crippen LogP contribution in [-0.2, 0) is 6.54 Å². The molecule has 0 atom stereocenters. The maximum atomic E-state index is 12.2. The van der Waals surface area contributed by atoms with E-state index in [9.17, 15) is 4.79 Å². The molecule has 0 unspecified atom stereocenters. The molecule has 20 heavy (non-hydrogen) atoms. The summed E-state index contributed by atoms with van der Waals surface area (Å²) in [5.41, 5.74) is 4.15. The minimum Gasteiger partial charge on any atom is -0.383 e. The van der Waals surface area contributed by atoms with Gasteiger partial charge in [0.1, 0.15) is 0 Å². The maximum Gasteiger partial charge on any atom is 0.253 e. The number of amides is 1. The van der Waals surface area contributed by atoms with Crippen LogP contribution in [0.15, 0.2) is 24.0 Å². The van der Waals surface area contributed by atoms with Crippen molar-refractivity contribution in [2.75, 3.05) is 11.9 Å². The molecule has 0 bridgehead atoms. The Kier molecular flexibility index (Phi) is 5.06. The second-order valence-corrected chi connectivity index (χ2v) is 5.33. The van der Waals surface area contributed by atoms with Crippen LogP contribution in [-0.4, -0.2) is 22.4 Å². The number of nitrogens with zero attached hydrogens (tertiary/aromatic N) is 2. The van der Waals surface area contributed by atoms with Gasteiger partial charge < -0.3 is 10.6 Å². The summed E-state index contributed by atoms with van der Waals surface area (Å²) in [4.78, 5) is 21.5. The molecule has 0 aliphatic rings. The molecular formula is C14H18N4OS. The van der Waals surface area contributed by atoms with Gasteiger partial charge in [-0.2, -0.15) is 0 Å². The van der Waals surface area contributed by atoms with Crippen LogP contribution < -0.4 is 10.6 Å². The van der Waals surface area contributed by atoms with Crippen molar-refractivity contribution in [2.45, 2.75) is 26.8 Å². The Balaban J connectivity index is 2.03. The average Bonchev–Trinajstić information content (AvgIpc) is 2.88. The molecule has 0 radical (unpaired) electrons. The Morgan fingerprint density at radius 2 is 2.30 bits per heavy atom. The van der Waals surface area contributed by atoms with Gasteiger partial charge in [0.15, 0.2) is 0 Å². The van der Waals surface area contributed by atoms with Crippen LogP contribution in [0, 0.1) is 6.92 Å². The highest BCUT2D eigenvalue weighted by Crippen LogP contribution is 2.15. The fourth-order valence-corrected chi connectivity index (χ4v) is 2.46. The number of rotatable bonds is 6. The Labute approximate surface area is 122 Å². The lowest BCUT2D eigenvalue weighted by atomic mass is 10.2. The summed E-state index contributed by atoms with van der Waals surface area (Å²) in [5.74, 6) is -0.0983. The molecule has 0 fully saturated rings. The molecule has 2 aromatic rings. The van der Waals surface area contributed by atoms with Crippen molar-refractivity contribution < 1.29 is 4.79 Å². The predicted octanol–water partition coefficient (Wildman–Crippen LogP) is 2.60. The molecule has 0 saturated heterocycles. The molecule has 2 N–H and O–H groups in total. The maximum absolute atomic E-state index is 12.2. The Bertz CT molecular complexity index is 582. The summed E-state index contributed by atoms with van der Waals surface area (Å²) >= 11 is 1.55. The Hall–Kier alpha value is -1.95. The van der Waals surface area contributed by atoms with Crippen LogP contribution in [0.1, 0.15) is 34.3 Å². The number of carbonyl (C=O) groups excluding carboxylic acids is 1. The highest BCUT2D eigenvalue weighted by Gasteiger charge is 2.11. The molecule has 0 spiro atoms. The van der Waals surface area contributed by atoms with Gasteiger partial charge in [-0.25, -0.2) is 4.98 Å². The monoisotopic (exact) mass is 290 g/mol. The lowest BCUT2D eigenvalue weighted by Crippen LogP contribution is -2.24. The topological polar surface area (TPSA) is 66.9 Å². The van der Waals surface area contributed by atoms with E-state index in [1.807, 2.05) is 6.92 Å².